The van der Waals surface area contributed by atoms with Crippen LogP contribution in [0.15, 0.2) is 35.2 Å². The van der Waals surface area contributed by atoms with Gasteiger partial charge in [-0.2, -0.15) is 5.26 Å². The minimum atomic E-state index is -0.185. The number of hydrogen-bond acceptors (Lipinski definition) is 2. The Morgan fingerprint density at radius 1 is 1.24 bits per heavy atom. The highest BCUT2D eigenvalue weighted by molar-refractivity contribution is 7.99. The molecule has 1 aromatic carbocycles. The number of benzene rings is 1. The van der Waals surface area contributed by atoms with Crippen molar-refractivity contribution in [1.29, 1.82) is 5.26 Å². The van der Waals surface area contributed by atoms with Crippen LogP contribution in [0.2, 0.25) is 0 Å². The first-order valence-electron chi connectivity index (χ1n) is 6.29. The van der Waals surface area contributed by atoms with Crippen molar-refractivity contribution in [3.8, 4) is 6.07 Å². The second kappa shape index (κ2) is 7.40. The number of thioether (sulfide) groups is 1. The van der Waals surface area contributed by atoms with Gasteiger partial charge in [0.05, 0.1) is 11.5 Å². The summed E-state index contributed by atoms with van der Waals surface area (Å²) in [4.78, 5) is 1.25. The minimum absolute atomic E-state index is 0.185. The van der Waals surface area contributed by atoms with E-state index in [0.717, 1.165) is 18.6 Å². The van der Waals surface area contributed by atoms with Crippen molar-refractivity contribution in [2.24, 2.45) is 5.41 Å². The molecule has 0 aliphatic heterocycles. The molecule has 0 N–H and O–H groups in total. The Bertz CT molecular complexity index is 355. The first-order valence-corrected chi connectivity index (χ1v) is 7.28. The zero-order valence-corrected chi connectivity index (χ0v) is 11.6. The van der Waals surface area contributed by atoms with Crippen molar-refractivity contribution in [2.75, 3.05) is 5.75 Å². The minimum Gasteiger partial charge on any atom is -0.198 e. The first-order chi connectivity index (χ1) is 8.20. The normalized spacial score (nSPS) is 13.9. The molecule has 1 rings (SSSR count). The summed E-state index contributed by atoms with van der Waals surface area (Å²) in [6.07, 6.45) is 4.62. The lowest BCUT2D eigenvalue weighted by atomic mass is 9.88. The van der Waals surface area contributed by atoms with E-state index in [1.807, 2.05) is 18.2 Å². The molecule has 0 amide bonds. The Balaban J connectivity index is 2.44. The lowest BCUT2D eigenvalue weighted by Gasteiger charge is -2.20. The molecule has 92 valence electrons. The Labute approximate surface area is 109 Å². The van der Waals surface area contributed by atoms with E-state index in [0.29, 0.717) is 0 Å². The molecule has 0 radical (unpaired) electrons. The predicted octanol–water partition coefficient (Wildman–Crippen LogP) is 4.89. The van der Waals surface area contributed by atoms with Gasteiger partial charge in [-0.05, 0) is 25.5 Å². The van der Waals surface area contributed by atoms with E-state index in [9.17, 15) is 5.26 Å². The van der Waals surface area contributed by atoms with E-state index in [4.69, 9.17) is 0 Å². The maximum absolute atomic E-state index is 9.30. The number of nitrogens with zero attached hydrogens (tertiary/aromatic N) is 1. The van der Waals surface area contributed by atoms with Crippen LogP contribution in [0.1, 0.15) is 39.5 Å². The molecule has 17 heavy (non-hydrogen) atoms. The van der Waals surface area contributed by atoms with Crippen LogP contribution >= 0.6 is 11.8 Å². The highest BCUT2D eigenvalue weighted by Gasteiger charge is 2.23. The van der Waals surface area contributed by atoms with Gasteiger partial charge in [-0.25, -0.2) is 0 Å². The monoisotopic (exact) mass is 247 g/mol. The van der Waals surface area contributed by atoms with Crippen LogP contribution in [-0.2, 0) is 0 Å². The molecule has 0 aliphatic rings. The number of rotatable bonds is 7. The Morgan fingerprint density at radius 3 is 2.53 bits per heavy atom. The smallest absolute Gasteiger partial charge is 0.0695 e. The van der Waals surface area contributed by atoms with Crippen LogP contribution in [0, 0.1) is 16.7 Å². The molecule has 0 saturated carbocycles. The Kier molecular flexibility index (Phi) is 6.15. The van der Waals surface area contributed by atoms with E-state index in [1.54, 1.807) is 11.8 Å². The summed E-state index contributed by atoms with van der Waals surface area (Å²) in [5, 5.41) is 9.30. The second-order valence-electron chi connectivity index (χ2n) is 4.73. The molecule has 0 saturated heterocycles. The van der Waals surface area contributed by atoms with Crippen LogP contribution in [0.25, 0.3) is 0 Å². The molecule has 1 nitrogen and oxygen atoms in total. The zero-order chi connectivity index (χ0) is 12.6. The summed E-state index contributed by atoms with van der Waals surface area (Å²) in [7, 11) is 0. The van der Waals surface area contributed by atoms with Crippen LogP contribution in [0.4, 0.5) is 0 Å². The topological polar surface area (TPSA) is 23.8 Å². The molecule has 2 heteroatoms. The summed E-state index contributed by atoms with van der Waals surface area (Å²) in [5.74, 6) is 0.886. The van der Waals surface area contributed by atoms with Crippen molar-refractivity contribution in [3.05, 3.63) is 30.3 Å². The quantitative estimate of drug-likeness (QED) is 0.506. The van der Waals surface area contributed by atoms with E-state index in [1.165, 1.54) is 17.7 Å². The van der Waals surface area contributed by atoms with Gasteiger partial charge in [-0.15, -0.1) is 11.8 Å². The standard InChI is InChI=1S/C15H21NS/c1-3-4-8-11-15(2,12-16)13-17-14-9-6-5-7-10-14/h5-7,9-10H,3-4,8,11,13H2,1-2H3. The van der Waals surface area contributed by atoms with Gasteiger partial charge in [-0.3, -0.25) is 0 Å². The lowest BCUT2D eigenvalue weighted by molar-refractivity contribution is 0.434. The van der Waals surface area contributed by atoms with E-state index in [2.05, 4.69) is 32.0 Å². The third-order valence-electron chi connectivity index (χ3n) is 2.90. The third kappa shape index (κ3) is 5.28. The molecular weight excluding hydrogens is 226 g/mol. The molecule has 0 bridgehead atoms. The Morgan fingerprint density at radius 2 is 1.94 bits per heavy atom. The average Bonchev–Trinajstić information content (AvgIpc) is 2.38. The molecule has 0 spiro atoms. The molecule has 0 fully saturated rings. The third-order valence-corrected chi connectivity index (χ3v) is 4.29. The molecule has 0 aromatic heterocycles. The van der Waals surface area contributed by atoms with Gasteiger partial charge in [0.25, 0.3) is 0 Å². The van der Waals surface area contributed by atoms with Crippen LogP contribution in [0.3, 0.4) is 0 Å². The van der Waals surface area contributed by atoms with Gasteiger partial charge in [0.15, 0.2) is 0 Å². The largest absolute Gasteiger partial charge is 0.198 e. The van der Waals surface area contributed by atoms with E-state index < -0.39 is 0 Å². The Hall–Kier alpha value is -0.940. The highest BCUT2D eigenvalue weighted by Crippen LogP contribution is 2.31. The number of unbranched alkanes of at least 4 members (excludes halogenated alkanes) is 2. The molecule has 0 heterocycles. The van der Waals surface area contributed by atoms with Gasteiger partial charge in [0, 0.05) is 10.6 Å². The zero-order valence-electron chi connectivity index (χ0n) is 10.8. The van der Waals surface area contributed by atoms with Crippen LogP contribution in [0.5, 0.6) is 0 Å². The molecule has 1 aromatic rings. The van der Waals surface area contributed by atoms with Crippen molar-refractivity contribution < 1.29 is 0 Å². The fourth-order valence-electron chi connectivity index (χ4n) is 1.68. The van der Waals surface area contributed by atoms with Crippen molar-refractivity contribution in [2.45, 2.75) is 44.4 Å². The molecule has 1 unspecified atom stereocenters. The van der Waals surface area contributed by atoms with Gasteiger partial charge in [-0.1, -0.05) is 44.4 Å². The van der Waals surface area contributed by atoms with Gasteiger partial charge < -0.3 is 0 Å². The summed E-state index contributed by atoms with van der Waals surface area (Å²) in [6.45, 7) is 4.28. The van der Waals surface area contributed by atoms with Crippen molar-refractivity contribution in [1.82, 2.24) is 0 Å². The van der Waals surface area contributed by atoms with Gasteiger partial charge in [0.2, 0.25) is 0 Å². The fourth-order valence-corrected chi connectivity index (χ4v) is 2.73. The van der Waals surface area contributed by atoms with Crippen molar-refractivity contribution >= 4 is 11.8 Å². The van der Waals surface area contributed by atoms with Gasteiger partial charge in [0.1, 0.15) is 0 Å². The highest BCUT2D eigenvalue weighted by atomic mass is 32.2. The van der Waals surface area contributed by atoms with E-state index >= 15 is 0 Å². The first kappa shape index (κ1) is 14.1. The van der Waals surface area contributed by atoms with Crippen LogP contribution in [-0.4, -0.2) is 5.75 Å². The van der Waals surface area contributed by atoms with E-state index in [-0.39, 0.29) is 5.41 Å². The average molecular weight is 247 g/mol. The summed E-state index contributed by atoms with van der Waals surface area (Å²) in [6, 6.07) is 12.8. The predicted molar refractivity (Wildman–Crippen MR) is 75.0 cm³/mol. The second-order valence-corrected chi connectivity index (χ2v) is 5.78. The SMILES string of the molecule is CCCCCC(C)(C#N)CSc1ccccc1. The van der Waals surface area contributed by atoms with Gasteiger partial charge >= 0.3 is 0 Å². The summed E-state index contributed by atoms with van der Waals surface area (Å²) in [5.41, 5.74) is -0.185. The fraction of sp³-hybridized carbons (Fsp3) is 0.533. The summed E-state index contributed by atoms with van der Waals surface area (Å²) < 4.78 is 0. The maximum atomic E-state index is 9.30. The molecule has 1 atom stereocenters. The number of nitriles is 1. The van der Waals surface area contributed by atoms with Crippen LogP contribution < -0.4 is 0 Å². The van der Waals surface area contributed by atoms with Crippen molar-refractivity contribution in [3.63, 3.8) is 0 Å². The molecule has 0 aliphatic carbocycles. The number of hydrogen-bond donors (Lipinski definition) is 0. The summed E-state index contributed by atoms with van der Waals surface area (Å²) >= 11 is 1.79. The lowest BCUT2D eigenvalue weighted by Crippen LogP contribution is -2.16. The molecular formula is C15H21NS. The maximum Gasteiger partial charge on any atom is 0.0695 e.